The first-order valence-corrected chi connectivity index (χ1v) is 14.4. The van der Waals surface area contributed by atoms with E-state index in [-0.39, 0.29) is 0 Å². The molecule has 0 saturated carbocycles. The number of rotatable bonds is 9. The highest BCUT2D eigenvalue weighted by atomic mass is 28.3. The van der Waals surface area contributed by atoms with Gasteiger partial charge in [-0.15, -0.1) is 0 Å². The quantitative estimate of drug-likeness (QED) is 0.462. The van der Waals surface area contributed by atoms with Gasteiger partial charge in [0.2, 0.25) is 0 Å². The molecule has 0 aliphatic heterocycles. The molecule has 22 heavy (non-hydrogen) atoms. The zero-order valence-corrected chi connectivity index (χ0v) is 17.5. The van der Waals surface area contributed by atoms with Crippen LogP contribution in [0.4, 0.5) is 0 Å². The molecule has 1 aromatic rings. The second-order valence-corrected chi connectivity index (χ2v) is 17.0. The second kappa shape index (κ2) is 8.25. The van der Waals surface area contributed by atoms with Gasteiger partial charge in [-0.2, -0.15) is 0 Å². The first kappa shape index (κ1) is 19.4. The fraction of sp³-hybridized carbons (Fsp3) is 0.632. The molecule has 0 heterocycles. The van der Waals surface area contributed by atoms with Gasteiger partial charge in [0.15, 0.2) is 0 Å². The first-order valence-electron chi connectivity index (χ1n) is 9.13. The Hall–Kier alpha value is -0.676. The van der Waals surface area contributed by atoms with Gasteiger partial charge in [0.25, 0.3) is 0 Å². The Kier molecular flexibility index (Phi) is 7.27. The summed E-state index contributed by atoms with van der Waals surface area (Å²) in [6.07, 6.45) is 1.03. The van der Waals surface area contributed by atoms with Crippen LogP contribution < -0.4 is 10.4 Å². The smallest absolute Gasteiger partial charge is 0.150 e. The summed E-state index contributed by atoms with van der Waals surface area (Å²) in [4.78, 5) is 11.3. The van der Waals surface area contributed by atoms with Crippen LogP contribution in [0.5, 0.6) is 0 Å². The van der Waals surface area contributed by atoms with Gasteiger partial charge in [0.1, 0.15) is 6.29 Å². The number of aldehydes is 1. The van der Waals surface area contributed by atoms with Crippen LogP contribution in [0.25, 0.3) is 0 Å². The monoisotopic (exact) mass is 334 g/mol. The molecule has 0 saturated heterocycles. The molecule has 0 amide bonds. The summed E-state index contributed by atoms with van der Waals surface area (Å²) in [5, 5.41) is 3.31. The van der Waals surface area contributed by atoms with Crippen molar-refractivity contribution in [3.8, 4) is 0 Å². The Bertz CT molecular complexity index is 472. The Balaban J connectivity index is 3.69. The van der Waals surface area contributed by atoms with Crippen molar-refractivity contribution in [2.75, 3.05) is 0 Å². The summed E-state index contributed by atoms with van der Waals surface area (Å²) in [5.74, 6) is 0. The zero-order valence-electron chi connectivity index (χ0n) is 15.5. The molecule has 0 unspecified atom stereocenters. The molecule has 0 radical (unpaired) electrons. The fourth-order valence-corrected chi connectivity index (χ4v) is 13.3. The average molecular weight is 335 g/mol. The number of benzene rings is 1. The SMILES string of the molecule is CC[Si](CC)(CC)c1ccc(C=O)cc1[Si](CC)(CC)CC. The lowest BCUT2D eigenvalue weighted by molar-refractivity contribution is 0.112. The third-order valence-electron chi connectivity index (χ3n) is 6.38. The lowest BCUT2D eigenvalue weighted by Gasteiger charge is -2.38. The summed E-state index contributed by atoms with van der Waals surface area (Å²) in [6, 6.07) is 14.5. The average Bonchev–Trinajstić information content (AvgIpc) is 2.59. The van der Waals surface area contributed by atoms with Crippen molar-refractivity contribution in [2.24, 2.45) is 0 Å². The molecule has 0 atom stereocenters. The van der Waals surface area contributed by atoms with Gasteiger partial charge in [0.05, 0.1) is 16.1 Å². The molecule has 0 bridgehead atoms. The van der Waals surface area contributed by atoms with Gasteiger partial charge in [-0.25, -0.2) is 0 Å². The zero-order chi connectivity index (χ0) is 16.8. The molecule has 1 aromatic carbocycles. The number of hydrogen-bond donors (Lipinski definition) is 0. The maximum absolute atomic E-state index is 11.3. The molecule has 0 aliphatic rings. The van der Waals surface area contributed by atoms with Gasteiger partial charge < -0.3 is 0 Å². The normalized spacial score (nSPS) is 12.5. The van der Waals surface area contributed by atoms with Crippen LogP contribution in [0.1, 0.15) is 51.9 Å². The van der Waals surface area contributed by atoms with Crippen LogP contribution in [0.3, 0.4) is 0 Å². The topological polar surface area (TPSA) is 17.1 Å². The third-order valence-corrected chi connectivity index (χ3v) is 17.9. The third kappa shape index (κ3) is 3.30. The van der Waals surface area contributed by atoms with Crippen molar-refractivity contribution in [3.63, 3.8) is 0 Å². The minimum atomic E-state index is -1.47. The summed E-state index contributed by atoms with van der Waals surface area (Å²) in [7, 11) is -2.88. The molecule has 0 spiro atoms. The number of carbonyl (C=O) groups excluding carboxylic acids is 1. The Morgan fingerprint density at radius 1 is 0.727 bits per heavy atom. The Labute approximate surface area is 139 Å². The highest BCUT2D eigenvalue weighted by Crippen LogP contribution is 2.25. The Morgan fingerprint density at radius 3 is 1.50 bits per heavy atom. The van der Waals surface area contributed by atoms with Gasteiger partial charge in [-0.05, 0) is 0 Å². The van der Waals surface area contributed by atoms with Gasteiger partial charge in [-0.3, -0.25) is 4.79 Å². The van der Waals surface area contributed by atoms with Gasteiger partial charge in [-0.1, -0.05) is 106 Å². The standard InChI is InChI=1S/C19H34OSi2/c1-7-21(8-2,9-3)18-14-13-17(16-20)15-19(18)22(10-4,11-5)12-6/h13-16H,7-12H2,1-6H3. The van der Waals surface area contributed by atoms with Crippen LogP contribution in [-0.2, 0) is 0 Å². The molecular weight excluding hydrogens is 300 g/mol. The van der Waals surface area contributed by atoms with Crippen LogP contribution in [0.15, 0.2) is 18.2 Å². The van der Waals surface area contributed by atoms with E-state index in [1.807, 2.05) is 0 Å². The van der Waals surface area contributed by atoms with Crippen LogP contribution in [-0.4, -0.2) is 22.4 Å². The minimum absolute atomic E-state index is 0.872. The van der Waals surface area contributed by atoms with Crippen LogP contribution in [0, 0.1) is 0 Å². The Morgan fingerprint density at radius 2 is 1.14 bits per heavy atom. The lowest BCUT2D eigenvalue weighted by atomic mass is 10.2. The summed E-state index contributed by atoms with van der Waals surface area (Å²) in [5.41, 5.74) is 0.872. The molecule has 1 nitrogen and oxygen atoms in total. The molecule has 3 heteroatoms. The fourth-order valence-electron chi connectivity index (χ4n) is 4.18. The van der Waals surface area contributed by atoms with Crippen molar-refractivity contribution in [3.05, 3.63) is 23.8 Å². The van der Waals surface area contributed by atoms with Crippen molar-refractivity contribution >= 4 is 32.8 Å². The van der Waals surface area contributed by atoms with E-state index in [1.165, 1.54) is 36.3 Å². The van der Waals surface area contributed by atoms with E-state index in [1.54, 1.807) is 10.4 Å². The first-order chi connectivity index (χ1) is 10.5. The molecule has 1 rings (SSSR count). The highest BCUT2D eigenvalue weighted by Gasteiger charge is 2.38. The van der Waals surface area contributed by atoms with Crippen molar-refractivity contribution in [1.29, 1.82) is 0 Å². The molecule has 0 aromatic heterocycles. The number of hydrogen-bond acceptors (Lipinski definition) is 1. The maximum atomic E-state index is 11.3. The molecule has 124 valence electrons. The molecule has 0 N–H and O–H groups in total. The van der Waals surface area contributed by atoms with E-state index in [0.29, 0.717) is 0 Å². The maximum Gasteiger partial charge on any atom is 0.150 e. The van der Waals surface area contributed by atoms with Gasteiger partial charge >= 0.3 is 0 Å². The lowest BCUT2D eigenvalue weighted by Crippen LogP contribution is -2.62. The van der Waals surface area contributed by atoms with Crippen LogP contribution in [0.2, 0.25) is 36.3 Å². The summed E-state index contributed by atoms with van der Waals surface area (Å²) in [6.45, 7) is 14.2. The van der Waals surface area contributed by atoms with Crippen molar-refractivity contribution in [1.82, 2.24) is 0 Å². The van der Waals surface area contributed by atoms with E-state index < -0.39 is 16.1 Å². The van der Waals surface area contributed by atoms with E-state index >= 15 is 0 Å². The minimum Gasteiger partial charge on any atom is -0.298 e. The van der Waals surface area contributed by atoms with Gasteiger partial charge in [0, 0.05) is 5.56 Å². The number of carbonyl (C=O) groups is 1. The summed E-state index contributed by atoms with van der Waals surface area (Å²) < 4.78 is 0. The highest BCUT2D eigenvalue weighted by molar-refractivity contribution is 7.01. The molecule has 0 fully saturated rings. The van der Waals surface area contributed by atoms with E-state index in [0.717, 1.165) is 11.8 Å². The molecular formula is C19H34OSi2. The van der Waals surface area contributed by atoms with Crippen LogP contribution >= 0.6 is 0 Å². The molecule has 0 aliphatic carbocycles. The predicted octanol–water partition coefficient (Wildman–Crippen LogP) is 4.93. The summed E-state index contributed by atoms with van der Waals surface area (Å²) >= 11 is 0. The largest absolute Gasteiger partial charge is 0.298 e. The second-order valence-electron chi connectivity index (χ2n) is 6.60. The predicted molar refractivity (Wildman–Crippen MR) is 105 cm³/mol. The van der Waals surface area contributed by atoms with E-state index in [4.69, 9.17) is 0 Å². The van der Waals surface area contributed by atoms with E-state index in [9.17, 15) is 4.79 Å². The van der Waals surface area contributed by atoms with Crippen molar-refractivity contribution < 1.29 is 4.79 Å². The van der Waals surface area contributed by atoms with E-state index in [2.05, 4.69) is 59.7 Å². The van der Waals surface area contributed by atoms with Crippen molar-refractivity contribution in [2.45, 2.75) is 77.8 Å².